The molecule has 2 N–H and O–H groups in total. The molecular weight excluding hydrogens is 256 g/mol. The smallest absolute Gasteiger partial charge is 0.360 e. The van der Waals surface area contributed by atoms with Crippen LogP contribution in [0.2, 0.25) is 0 Å². The van der Waals surface area contributed by atoms with Crippen molar-refractivity contribution in [3.63, 3.8) is 0 Å². The maximum Gasteiger partial charge on any atom is 0.360 e. The first-order valence-electron chi connectivity index (χ1n) is 6.55. The van der Waals surface area contributed by atoms with Gasteiger partial charge in [0.2, 0.25) is 0 Å². The number of ether oxygens (including phenoxy) is 1. The minimum atomic E-state index is -0.501. The van der Waals surface area contributed by atoms with Crippen LogP contribution in [0.5, 0.6) is 0 Å². The minimum absolute atomic E-state index is 0.157. The van der Waals surface area contributed by atoms with E-state index in [1.54, 1.807) is 17.7 Å². The number of carbonyl (C=O) groups is 1. The minimum Gasteiger partial charge on any atom is -0.461 e. The van der Waals surface area contributed by atoms with Gasteiger partial charge in [0.05, 0.1) is 18.5 Å². The fourth-order valence-electron chi connectivity index (χ4n) is 1.95. The Kier molecular flexibility index (Phi) is 4.02. The van der Waals surface area contributed by atoms with Gasteiger partial charge in [0.15, 0.2) is 5.69 Å². The number of nitrogens with two attached hydrogens (primary N) is 1. The molecule has 0 aromatic carbocycles. The van der Waals surface area contributed by atoms with Crippen molar-refractivity contribution in [1.82, 2.24) is 14.5 Å². The lowest BCUT2D eigenvalue weighted by Gasteiger charge is -2.08. The molecule has 0 aliphatic rings. The highest BCUT2D eigenvalue weighted by molar-refractivity contribution is 5.92. The van der Waals surface area contributed by atoms with Crippen LogP contribution < -0.4 is 5.73 Å². The van der Waals surface area contributed by atoms with Gasteiger partial charge in [0.25, 0.3) is 0 Å². The van der Waals surface area contributed by atoms with Gasteiger partial charge in [0, 0.05) is 12.1 Å². The number of imidazole rings is 1. The predicted octanol–water partition coefficient (Wildman–Crippen LogP) is 1.90. The molecule has 0 aliphatic carbocycles. The van der Waals surface area contributed by atoms with E-state index in [0.717, 1.165) is 11.4 Å². The second kappa shape index (κ2) is 5.73. The van der Waals surface area contributed by atoms with Gasteiger partial charge in [0.1, 0.15) is 11.6 Å². The molecule has 0 saturated heterocycles. The lowest BCUT2D eigenvalue weighted by Crippen LogP contribution is -2.09. The number of carbonyl (C=O) groups excluding carboxylic acids is 1. The third-order valence-electron chi connectivity index (χ3n) is 2.92. The highest BCUT2D eigenvalue weighted by Gasteiger charge is 2.21. The average molecular weight is 274 g/mol. The highest BCUT2D eigenvalue weighted by atomic mass is 16.5. The summed E-state index contributed by atoms with van der Waals surface area (Å²) in [6.45, 7) is 5.90. The summed E-state index contributed by atoms with van der Waals surface area (Å²) in [4.78, 5) is 20.4. The zero-order chi connectivity index (χ0) is 14.7. The highest BCUT2D eigenvalue weighted by Crippen LogP contribution is 2.21. The normalized spacial score (nSPS) is 10.6. The van der Waals surface area contributed by atoms with Gasteiger partial charge in [-0.3, -0.25) is 9.55 Å². The van der Waals surface area contributed by atoms with Gasteiger partial charge in [-0.05, 0) is 26.0 Å². The summed E-state index contributed by atoms with van der Waals surface area (Å²) >= 11 is 0. The lowest BCUT2D eigenvalue weighted by molar-refractivity contribution is 0.0521. The zero-order valence-electron chi connectivity index (χ0n) is 11.9. The Morgan fingerprint density at radius 3 is 2.70 bits per heavy atom. The molecule has 0 amide bonds. The molecular formula is C14H18N4O2. The zero-order valence-corrected chi connectivity index (χ0v) is 11.9. The Morgan fingerprint density at radius 2 is 2.15 bits per heavy atom. The summed E-state index contributed by atoms with van der Waals surface area (Å²) in [5.41, 5.74) is 7.91. The standard InChI is InChI=1S/C14H18N4O2/c1-4-11-17-12(14(19)20-5-2)13(15)18(11)10-7-6-9(3)16-8-10/h6-8H,4-5,15H2,1-3H3. The summed E-state index contributed by atoms with van der Waals surface area (Å²) in [5, 5.41) is 0. The van der Waals surface area contributed by atoms with Crippen LogP contribution in [0.1, 0.15) is 35.9 Å². The second-order valence-corrected chi connectivity index (χ2v) is 4.33. The van der Waals surface area contributed by atoms with E-state index in [0.29, 0.717) is 18.9 Å². The topological polar surface area (TPSA) is 83.0 Å². The van der Waals surface area contributed by atoms with E-state index in [4.69, 9.17) is 10.5 Å². The molecule has 2 aromatic heterocycles. The van der Waals surface area contributed by atoms with Crippen LogP contribution in [0.3, 0.4) is 0 Å². The van der Waals surface area contributed by atoms with Gasteiger partial charge >= 0.3 is 5.97 Å². The number of aryl methyl sites for hydroxylation is 2. The predicted molar refractivity (Wildman–Crippen MR) is 75.8 cm³/mol. The molecule has 0 spiro atoms. The number of nitrogens with zero attached hydrogens (tertiary/aromatic N) is 3. The third kappa shape index (κ3) is 2.49. The molecule has 106 valence electrons. The first kappa shape index (κ1) is 14.0. The summed E-state index contributed by atoms with van der Waals surface area (Å²) < 4.78 is 6.70. The van der Waals surface area contributed by atoms with Crippen LogP contribution in [-0.4, -0.2) is 27.1 Å². The Labute approximate surface area is 117 Å². The quantitative estimate of drug-likeness (QED) is 0.861. The molecule has 2 aromatic rings. The van der Waals surface area contributed by atoms with Gasteiger partial charge in [-0.15, -0.1) is 0 Å². The fourth-order valence-corrected chi connectivity index (χ4v) is 1.95. The average Bonchev–Trinajstić information content (AvgIpc) is 2.77. The second-order valence-electron chi connectivity index (χ2n) is 4.33. The largest absolute Gasteiger partial charge is 0.461 e. The number of hydrogen-bond acceptors (Lipinski definition) is 5. The maximum atomic E-state index is 11.8. The van der Waals surface area contributed by atoms with Crippen molar-refractivity contribution >= 4 is 11.8 Å². The van der Waals surface area contributed by atoms with Crippen molar-refractivity contribution in [2.24, 2.45) is 0 Å². The number of hydrogen-bond donors (Lipinski definition) is 1. The van der Waals surface area contributed by atoms with E-state index in [-0.39, 0.29) is 11.5 Å². The first-order chi connectivity index (χ1) is 9.58. The van der Waals surface area contributed by atoms with E-state index in [1.165, 1.54) is 0 Å². The van der Waals surface area contributed by atoms with Crippen LogP contribution in [-0.2, 0) is 11.2 Å². The number of nitrogen functional groups attached to an aromatic ring is 1. The summed E-state index contributed by atoms with van der Waals surface area (Å²) in [6, 6.07) is 3.78. The summed E-state index contributed by atoms with van der Waals surface area (Å²) in [5.74, 6) is 0.487. The first-order valence-corrected chi connectivity index (χ1v) is 6.55. The summed E-state index contributed by atoms with van der Waals surface area (Å²) in [7, 11) is 0. The van der Waals surface area contributed by atoms with Crippen LogP contribution >= 0.6 is 0 Å². The van der Waals surface area contributed by atoms with Crippen molar-refractivity contribution in [2.75, 3.05) is 12.3 Å². The number of anilines is 1. The number of pyridine rings is 1. The molecule has 20 heavy (non-hydrogen) atoms. The molecule has 0 fully saturated rings. The van der Waals surface area contributed by atoms with Gasteiger partial charge < -0.3 is 10.5 Å². The number of rotatable bonds is 4. The Morgan fingerprint density at radius 1 is 1.40 bits per heavy atom. The molecule has 2 heterocycles. The SMILES string of the molecule is CCOC(=O)c1nc(CC)n(-c2ccc(C)nc2)c1N. The summed E-state index contributed by atoms with van der Waals surface area (Å²) in [6.07, 6.45) is 2.36. The van der Waals surface area contributed by atoms with E-state index in [1.807, 2.05) is 26.0 Å². The van der Waals surface area contributed by atoms with Gasteiger partial charge in [-0.1, -0.05) is 6.92 Å². The number of esters is 1. The van der Waals surface area contributed by atoms with Crippen LogP contribution in [0.15, 0.2) is 18.3 Å². The monoisotopic (exact) mass is 274 g/mol. The van der Waals surface area contributed by atoms with E-state index >= 15 is 0 Å². The van der Waals surface area contributed by atoms with Crippen molar-refractivity contribution < 1.29 is 9.53 Å². The Hall–Kier alpha value is -2.37. The Balaban J connectivity index is 2.52. The van der Waals surface area contributed by atoms with E-state index in [9.17, 15) is 4.79 Å². The van der Waals surface area contributed by atoms with Crippen molar-refractivity contribution in [2.45, 2.75) is 27.2 Å². The maximum absolute atomic E-state index is 11.8. The fraction of sp³-hybridized carbons (Fsp3) is 0.357. The molecule has 0 atom stereocenters. The van der Waals surface area contributed by atoms with Crippen molar-refractivity contribution in [1.29, 1.82) is 0 Å². The molecule has 0 saturated carbocycles. The lowest BCUT2D eigenvalue weighted by atomic mass is 10.3. The van der Waals surface area contributed by atoms with E-state index < -0.39 is 5.97 Å². The third-order valence-corrected chi connectivity index (χ3v) is 2.92. The van der Waals surface area contributed by atoms with Crippen LogP contribution in [0.4, 0.5) is 5.82 Å². The molecule has 6 nitrogen and oxygen atoms in total. The van der Waals surface area contributed by atoms with Crippen LogP contribution in [0.25, 0.3) is 5.69 Å². The van der Waals surface area contributed by atoms with E-state index in [2.05, 4.69) is 9.97 Å². The molecule has 0 aliphatic heterocycles. The molecule has 0 radical (unpaired) electrons. The molecule has 6 heteroatoms. The Bertz CT molecular complexity index is 617. The van der Waals surface area contributed by atoms with Crippen LogP contribution in [0, 0.1) is 6.92 Å². The number of aromatic nitrogens is 3. The van der Waals surface area contributed by atoms with Gasteiger partial charge in [-0.2, -0.15) is 0 Å². The van der Waals surface area contributed by atoms with Crippen molar-refractivity contribution in [3.05, 3.63) is 35.5 Å². The molecule has 2 rings (SSSR count). The van der Waals surface area contributed by atoms with Crippen molar-refractivity contribution in [3.8, 4) is 5.69 Å². The molecule has 0 unspecified atom stereocenters. The van der Waals surface area contributed by atoms with Gasteiger partial charge in [-0.25, -0.2) is 9.78 Å². The molecule has 0 bridgehead atoms.